The fraction of sp³-hybridized carbons (Fsp3) is 0.273. The lowest BCUT2D eigenvalue weighted by molar-refractivity contribution is -0.117. The molecule has 4 heteroatoms. The second-order valence-electron chi connectivity index (χ2n) is 3.50. The average Bonchev–Trinajstić information content (AvgIpc) is 2.53. The number of hydrogen-bond donors (Lipinski definition) is 1. The van der Waals surface area contributed by atoms with E-state index in [2.05, 4.69) is 11.1 Å². The summed E-state index contributed by atoms with van der Waals surface area (Å²) in [7, 11) is 0. The van der Waals surface area contributed by atoms with Crippen molar-refractivity contribution in [1.29, 1.82) is 0 Å². The Morgan fingerprint density at radius 3 is 3.07 bits per heavy atom. The lowest BCUT2D eigenvalue weighted by Gasteiger charge is -1.98. The molecule has 0 aliphatic carbocycles. The minimum Gasteiger partial charge on any atom is -0.370 e. The van der Waals surface area contributed by atoms with Crippen molar-refractivity contribution in [3.8, 4) is 0 Å². The maximum Gasteiger partial charge on any atom is 0.217 e. The first-order valence-corrected chi connectivity index (χ1v) is 5.61. The SMILES string of the molecule is Cc1nc2cc(CCC(N)=O)ccc2s1. The number of nitrogens with two attached hydrogens (primary N) is 1. The Bertz CT molecular complexity index is 504. The third-order valence-corrected chi connectivity index (χ3v) is 3.17. The van der Waals surface area contributed by atoms with Crippen LogP contribution in [0.25, 0.3) is 10.2 Å². The van der Waals surface area contributed by atoms with Crippen LogP contribution in [0.3, 0.4) is 0 Å². The van der Waals surface area contributed by atoms with Crippen LogP contribution in [0, 0.1) is 6.92 Å². The lowest BCUT2D eigenvalue weighted by atomic mass is 10.1. The number of carbonyl (C=O) groups is 1. The molecule has 0 unspecified atom stereocenters. The molecule has 0 aliphatic heterocycles. The van der Waals surface area contributed by atoms with Crippen LogP contribution < -0.4 is 5.73 Å². The van der Waals surface area contributed by atoms with Gasteiger partial charge in [0.1, 0.15) is 0 Å². The Morgan fingerprint density at radius 2 is 2.33 bits per heavy atom. The molecule has 0 spiro atoms. The molecule has 1 heterocycles. The van der Waals surface area contributed by atoms with Crippen molar-refractivity contribution in [2.24, 2.45) is 5.73 Å². The van der Waals surface area contributed by atoms with Crippen LogP contribution in [-0.4, -0.2) is 10.9 Å². The zero-order valence-electron chi connectivity index (χ0n) is 8.49. The molecule has 0 aliphatic rings. The smallest absolute Gasteiger partial charge is 0.217 e. The zero-order valence-corrected chi connectivity index (χ0v) is 9.30. The Balaban J connectivity index is 2.26. The fourth-order valence-electron chi connectivity index (χ4n) is 1.51. The van der Waals surface area contributed by atoms with Crippen molar-refractivity contribution in [2.45, 2.75) is 19.8 Å². The summed E-state index contributed by atoms with van der Waals surface area (Å²) in [6, 6.07) is 6.11. The second-order valence-corrected chi connectivity index (χ2v) is 4.74. The van der Waals surface area contributed by atoms with Gasteiger partial charge in [-0.05, 0) is 31.0 Å². The molecule has 0 saturated carbocycles. The maximum absolute atomic E-state index is 10.6. The van der Waals surface area contributed by atoms with Gasteiger partial charge in [-0.3, -0.25) is 4.79 Å². The summed E-state index contributed by atoms with van der Waals surface area (Å²) in [6.45, 7) is 1.99. The largest absolute Gasteiger partial charge is 0.370 e. The molecule has 0 saturated heterocycles. The molecule has 2 N–H and O–H groups in total. The van der Waals surface area contributed by atoms with Crippen molar-refractivity contribution in [1.82, 2.24) is 4.98 Å². The van der Waals surface area contributed by atoms with E-state index >= 15 is 0 Å². The highest BCUT2D eigenvalue weighted by Gasteiger charge is 2.02. The standard InChI is InChI=1S/C11H12N2OS/c1-7-13-9-6-8(3-5-11(12)14)2-4-10(9)15-7/h2,4,6H,3,5H2,1H3,(H2,12,14). The molecule has 1 aromatic heterocycles. The minimum atomic E-state index is -0.260. The van der Waals surface area contributed by atoms with Gasteiger partial charge >= 0.3 is 0 Å². The molecule has 3 nitrogen and oxygen atoms in total. The first-order chi connectivity index (χ1) is 7.15. The Kier molecular flexibility index (Phi) is 2.68. The summed E-state index contributed by atoms with van der Waals surface area (Å²) in [6.07, 6.45) is 1.09. The number of fused-ring (bicyclic) bond motifs is 1. The summed E-state index contributed by atoms with van der Waals surface area (Å²) in [5.41, 5.74) is 7.24. The fourth-order valence-corrected chi connectivity index (χ4v) is 2.32. The van der Waals surface area contributed by atoms with Gasteiger partial charge in [0.25, 0.3) is 0 Å². The predicted octanol–water partition coefficient (Wildman–Crippen LogP) is 2.02. The first kappa shape index (κ1) is 10.1. The summed E-state index contributed by atoms with van der Waals surface area (Å²) in [4.78, 5) is 15.1. The van der Waals surface area contributed by atoms with Gasteiger partial charge in [0.05, 0.1) is 15.2 Å². The van der Waals surface area contributed by atoms with Crippen molar-refractivity contribution < 1.29 is 4.79 Å². The van der Waals surface area contributed by atoms with E-state index in [1.165, 1.54) is 4.70 Å². The van der Waals surface area contributed by atoms with Crippen molar-refractivity contribution in [3.05, 3.63) is 28.8 Å². The first-order valence-electron chi connectivity index (χ1n) is 4.79. The number of amides is 1. The van der Waals surface area contributed by atoms with Gasteiger partial charge in [-0.2, -0.15) is 0 Å². The second kappa shape index (κ2) is 3.98. The van der Waals surface area contributed by atoms with E-state index in [1.54, 1.807) is 11.3 Å². The molecular weight excluding hydrogens is 208 g/mol. The maximum atomic E-state index is 10.6. The van der Waals surface area contributed by atoms with Crippen LogP contribution in [0.15, 0.2) is 18.2 Å². The lowest BCUT2D eigenvalue weighted by Crippen LogP contribution is -2.11. The molecule has 0 bridgehead atoms. The molecule has 1 aromatic carbocycles. The average molecular weight is 220 g/mol. The summed E-state index contributed by atoms with van der Waals surface area (Å²) in [5.74, 6) is -0.260. The third kappa shape index (κ3) is 2.33. The number of thiazole rings is 1. The summed E-state index contributed by atoms with van der Waals surface area (Å²) < 4.78 is 1.19. The van der Waals surface area contributed by atoms with Crippen molar-refractivity contribution >= 4 is 27.5 Å². The van der Waals surface area contributed by atoms with Gasteiger partial charge in [0, 0.05) is 6.42 Å². The Hall–Kier alpha value is -1.42. The number of primary amides is 1. The van der Waals surface area contributed by atoms with Gasteiger partial charge in [0.15, 0.2) is 0 Å². The quantitative estimate of drug-likeness (QED) is 0.860. The van der Waals surface area contributed by atoms with Crippen LogP contribution in [0.4, 0.5) is 0 Å². The van der Waals surface area contributed by atoms with Crippen LogP contribution in [-0.2, 0) is 11.2 Å². The molecule has 2 rings (SSSR count). The molecule has 0 fully saturated rings. The molecule has 0 atom stereocenters. The van der Waals surface area contributed by atoms with Gasteiger partial charge < -0.3 is 5.73 Å². The van der Waals surface area contributed by atoms with Crippen molar-refractivity contribution in [3.63, 3.8) is 0 Å². The van der Waals surface area contributed by atoms with Crippen LogP contribution in [0.5, 0.6) is 0 Å². The normalized spacial score (nSPS) is 10.7. The monoisotopic (exact) mass is 220 g/mol. The molecule has 15 heavy (non-hydrogen) atoms. The van der Waals surface area contributed by atoms with E-state index in [9.17, 15) is 4.79 Å². The van der Waals surface area contributed by atoms with Crippen LogP contribution in [0.1, 0.15) is 17.0 Å². The van der Waals surface area contributed by atoms with Gasteiger partial charge in [-0.25, -0.2) is 4.98 Å². The predicted molar refractivity (Wildman–Crippen MR) is 61.9 cm³/mol. The van der Waals surface area contributed by atoms with Gasteiger partial charge in [-0.15, -0.1) is 11.3 Å². The highest BCUT2D eigenvalue weighted by atomic mass is 32.1. The Labute approximate surface area is 91.9 Å². The summed E-state index contributed by atoms with van der Waals surface area (Å²) >= 11 is 1.68. The number of aryl methyl sites for hydroxylation is 2. The van der Waals surface area contributed by atoms with E-state index in [4.69, 9.17) is 5.73 Å². The number of rotatable bonds is 3. The van der Waals surface area contributed by atoms with E-state index in [-0.39, 0.29) is 5.91 Å². The van der Waals surface area contributed by atoms with Crippen LogP contribution >= 0.6 is 11.3 Å². The number of hydrogen-bond acceptors (Lipinski definition) is 3. The molecular formula is C11H12N2OS. The summed E-state index contributed by atoms with van der Waals surface area (Å²) in [5, 5.41) is 1.07. The molecule has 0 radical (unpaired) electrons. The van der Waals surface area contributed by atoms with Gasteiger partial charge in [0.2, 0.25) is 5.91 Å². The van der Waals surface area contributed by atoms with E-state index < -0.39 is 0 Å². The molecule has 2 aromatic rings. The molecule has 1 amide bonds. The number of aromatic nitrogens is 1. The minimum absolute atomic E-state index is 0.260. The number of benzene rings is 1. The van der Waals surface area contributed by atoms with Crippen molar-refractivity contribution in [2.75, 3.05) is 0 Å². The number of nitrogens with zero attached hydrogens (tertiary/aromatic N) is 1. The molecule has 78 valence electrons. The zero-order chi connectivity index (χ0) is 10.8. The van der Waals surface area contributed by atoms with Gasteiger partial charge in [-0.1, -0.05) is 6.07 Å². The van der Waals surface area contributed by atoms with E-state index in [0.717, 1.165) is 16.1 Å². The van der Waals surface area contributed by atoms with Crippen LogP contribution in [0.2, 0.25) is 0 Å². The third-order valence-electron chi connectivity index (χ3n) is 2.22. The number of carbonyl (C=O) groups excluding carboxylic acids is 1. The van der Waals surface area contributed by atoms with E-state index in [0.29, 0.717) is 12.8 Å². The highest BCUT2D eigenvalue weighted by molar-refractivity contribution is 7.18. The Morgan fingerprint density at radius 1 is 1.53 bits per heavy atom. The topological polar surface area (TPSA) is 56.0 Å². The highest BCUT2D eigenvalue weighted by Crippen LogP contribution is 2.22. The van der Waals surface area contributed by atoms with E-state index in [1.807, 2.05) is 19.1 Å².